The van der Waals surface area contributed by atoms with Gasteiger partial charge < -0.3 is 0 Å². The molecule has 1 aromatic heterocycles. The van der Waals surface area contributed by atoms with E-state index in [1.807, 2.05) is 28.6 Å². The Morgan fingerprint density at radius 2 is 2.73 bits per heavy atom. The quantitative estimate of drug-likeness (QED) is 0.702. The predicted molar refractivity (Wildman–Crippen MR) is 51.6 cm³/mol. The topological polar surface area (TPSA) is 12.9 Å². The lowest BCUT2D eigenvalue weighted by atomic mass is 10.1. The first-order chi connectivity index (χ1) is 5.42. The van der Waals surface area contributed by atoms with Gasteiger partial charge in [-0.1, -0.05) is 0 Å². The molecule has 0 saturated carbocycles. The fraction of sp³-hybridized carbons (Fsp3) is 0.625. The summed E-state index contributed by atoms with van der Waals surface area (Å²) in [6.45, 7) is 0. The standard InChI is InChI=1S/C8H11NS2/c1-10-4-6-2-3-7-8(6)9-5-11-7/h5-6H,2-4H2,1H3. The zero-order chi connectivity index (χ0) is 7.68. The Morgan fingerprint density at radius 1 is 1.82 bits per heavy atom. The first kappa shape index (κ1) is 7.62. The minimum absolute atomic E-state index is 0.756. The van der Waals surface area contributed by atoms with Gasteiger partial charge >= 0.3 is 0 Å². The molecule has 0 spiro atoms. The van der Waals surface area contributed by atoms with Crippen molar-refractivity contribution in [2.24, 2.45) is 0 Å². The third-order valence-corrected chi connectivity index (χ3v) is 3.79. The van der Waals surface area contributed by atoms with Crippen LogP contribution in [-0.2, 0) is 6.42 Å². The van der Waals surface area contributed by atoms with Crippen LogP contribution in [0.3, 0.4) is 0 Å². The van der Waals surface area contributed by atoms with E-state index in [0.29, 0.717) is 0 Å². The van der Waals surface area contributed by atoms with Gasteiger partial charge in [0.15, 0.2) is 0 Å². The van der Waals surface area contributed by atoms with Crippen LogP contribution >= 0.6 is 23.1 Å². The van der Waals surface area contributed by atoms with Gasteiger partial charge in [0.25, 0.3) is 0 Å². The van der Waals surface area contributed by atoms with E-state index < -0.39 is 0 Å². The minimum atomic E-state index is 0.756. The van der Waals surface area contributed by atoms with Crippen LogP contribution in [0.1, 0.15) is 22.9 Å². The summed E-state index contributed by atoms with van der Waals surface area (Å²) in [5, 5.41) is 0. The summed E-state index contributed by atoms with van der Waals surface area (Å²) >= 11 is 3.75. The van der Waals surface area contributed by atoms with Crippen molar-refractivity contribution >= 4 is 23.1 Å². The molecule has 60 valence electrons. The average molecular weight is 185 g/mol. The summed E-state index contributed by atoms with van der Waals surface area (Å²) in [6, 6.07) is 0. The molecule has 1 heterocycles. The highest BCUT2D eigenvalue weighted by molar-refractivity contribution is 7.98. The zero-order valence-electron chi connectivity index (χ0n) is 6.54. The van der Waals surface area contributed by atoms with Crippen molar-refractivity contribution in [1.29, 1.82) is 0 Å². The third-order valence-electron chi connectivity index (χ3n) is 2.15. The molecule has 0 amide bonds. The van der Waals surface area contributed by atoms with Crippen LogP contribution in [-0.4, -0.2) is 17.0 Å². The second kappa shape index (κ2) is 3.15. The van der Waals surface area contributed by atoms with Gasteiger partial charge in [-0.15, -0.1) is 11.3 Å². The maximum atomic E-state index is 4.40. The maximum Gasteiger partial charge on any atom is 0.0797 e. The summed E-state index contributed by atoms with van der Waals surface area (Å²) in [5.41, 5.74) is 3.38. The van der Waals surface area contributed by atoms with E-state index in [1.165, 1.54) is 29.2 Å². The van der Waals surface area contributed by atoms with Gasteiger partial charge in [0.1, 0.15) is 0 Å². The van der Waals surface area contributed by atoms with E-state index in [9.17, 15) is 0 Å². The fourth-order valence-corrected chi connectivity index (χ4v) is 3.20. The Hall–Kier alpha value is -0.0200. The summed E-state index contributed by atoms with van der Waals surface area (Å²) < 4.78 is 0. The SMILES string of the molecule is CSCC1CCc2scnc21. The number of hydrogen-bond donors (Lipinski definition) is 0. The number of aromatic nitrogens is 1. The highest BCUT2D eigenvalue weighted by atomic mass is 32.2. The van der Waals surface area contributed by atoms with E-state index in [2.05, 4.69) is 11.2 Å². The van der Waals surface area contributed by atoms with E-state index in [0.717, 1.165) is 5.92 Å². The van der Waals surface area contributed by atoms with Gasteiger partial charge in [0.2, 0.25) is 0 Å². The monoisotopic (exact) mass is 185 g/mol. The molecule has 0 radical (unpaired) electrons. The van der Waals surface area contributed by atoms with Crippen LogP contribution in [0.25, 0.3) is 0 Å². The lowest BCUT2D eigenvalue weighted by Crippen LogP contribution is -1.96. The molecule has 1 aliphatic carbocycles. The highest BCUT2D eigenvalue weighted by Gasteiger charge is 2.24. The molecule has 1 aromatic rings. The molecule has 0 saturated heterocycles. The Kier molecular flexibility index (Phi) is 2.18. The number of aryl methyl sites for hydroxylation is 1. The van der Waals surface area contributed by atoms with Gasteiger partial charge in [0.05, 0.1) is 11.2 Å². The van der Waals surface area contributed by atoms with Crippen molar-refractivity contribution < 1.29 is 0 Å². The fourth-order valence-electron chi connectivity index (χ4n) is 1.60. The van der Waals surface area contributed by atoms with E-state index in [4.69, 9.17) is 0 Å². The largest absolute Gasteiger partial charge is 0.249 e. The van der Waals surface area contributed by atoms with Crippen molar-refractivity contribution in [3.05, 3.63) is 16.1 Å². The maximum absolute atomic E-state index is 4.40. The number of nitrogens with zero attached hydrogens (tertiary/aromatic N) is 1. The molecule has 11 heavy (non-hydrogen) atoms. The first-order valence-corrected chi connectivity index (χ1v) is 6.10. The van der Waals surface area contributed by atoms with Gasteiger partial charge in [-0.05, 0) is 19.1 Å². The van der Waals surface area contributed by atoms with Crippen molar-refractivity contribution in [3.63, 3.8) is 0 Å². The summed E-state index contributed by atoms with van der Waals surface area (Å²) in [7, 11) is 0. The molecule has 1 aliphatic rings. The second-order valence-corrected chi connectivity index (χ2v) is 4.70. The molecule has 3 heteroatoms. The molecule has 1 unspecified atom stereocenters. The molecule has 2 rings (SSSR count). The van der Waals surface area contributed by atoms with Gasteiger partial charge in [-0.3, -0.25) is 0 Å². The molecule has 0 N–H and O–H groups in total. The van der Waals surface area contributed by atoms with Gasteiger partial charge in [0, 0.05) is 16.5 Å². The number of rotatable bonds is 2. The average Bonchev–Trinajstić information content (AvgIpc) is 2.53. The van der Waals surface area contributed by atoms with Crippen LogP contribution in [0, 0.1) is 0 Å². The molecule has 0 bridgehead atoms. The molecule has 0 aliphatic heterocycles. The molecule has 1 nitrogen and oxygen atoms in total. The lowest BCUT2D eigenvalue weighted by molar-refractivity contribution is 0.741. The summed E-state index contributed by atoms with van der Waals surface area (Å²) in [4.78, 5) is 5.93. The Bertz CT molecular complexity index is 244. The Labute approximate surface area is 75.2 Å². The van der Waals surface area contributed by atoms with Crippen LogP contribution in [0.2, 0.25) is 0 Å². The minimum Gasteiger partial charge on any atom is -0.249 e. The Balaban J connectivity index is 2.18. The zero-order valence-corrected chi connectivity index (χ0v) is 8.17. The molecule has 1 atom stereocenters. The van der Waals surface area contributed by atoms with Crippen LogP contribution < -0.4 is 0 Å². The van der Waals surface area contributed by atoms with Crippen LogP contribution in [0.5, 0.6) is 0 Å². The molecular weight excluding hydrogens is 174 g/mol. The van der Waals surface area contributed by atoms with Crippen molar-refractivity contribution in [3.8, 4) is 0 Å². The van der Waals surface area contributed by atoms with Gasteiger partial charge in [-0.2, -0.15) is 11.8 Å². The third kappa shape index (κ3) is 1.32. The van der Waals surface area contributed by atoms with E-state index in [-0.39, 0.29) is 0 Å². The number of thioether (sulfide) groups is 1. The first-order valence-electron chi connectivity index (χ1n) is 3.83. The van der Waals surface area contributed by atoms with Crippen LogP contribution in [0.4, 0.5) is 0 Å². The predicted octanol–water partition coefficient (Wildman–Crippen LogP) is 2.54. The van der Waals surface area contributed by atoms with E-state index in [1.54, 1.807) is 0 Å². The van der Waals surface area contributed by atoms with Crippen molar-refractivity contribution in [1.82, 2.24) is 4.98 Å². The smallest absolute Gasteiger partial charge is 0.0797 e. The summed E-state index contributed by atoms with van der Waals surface area (Å²) in [5.74, 6) is 2.00. The molecular formula is C8H11NS2. The number of fused-ring (bicyclic) bond motifs is 1. The van der Waals surface area contributed by atoms with Crippen LogP contribution in [0.15, 0.2) is 5.51 Å². The van der Waals surface area contributed by atoms with E-state index >= 15 is 0 Å². The summed E-state index contributed by atoms with van der Waals surface area (Å²) in [6.07, 6.45) is 4.77. The normalized spacial score (nSPS) is 22.1. The highest BCUT2D eigenvalue weighted by Crippen LogP contribution is 2.35. The number of hydrogen-bond acceptors (Lipinski definition) is 3. The second-order valence-electron chi connectivity index (χ2n) is 2.85. The lowest BCUT2D eigenvalue weighted by Gasteiger charge is -2.04. The van der Waals surface area contributed by atoms with Crippen molar-refractivity contribution in [2.45, 2.75) is 18.8 Å². The van der Waals surface area contributed by atoms with Gasteiger partial charge in [-0.25, -0.2) is 4.98 Å². The Morgan fingerprint density at radius 3 is 3.55 bits per heavy atom. The molecule has 0 aromatic carbocycles. The molecule has 0 fully saturated rings. The van der Waals surface area contributed by atoms with Crippen molar-refractivity contribution in [2.75, 3.05) is 12.0 Å². The number of thiazole rings is 1.